The van der Waals surface area contributed by atoms with Gasteiger partial charge >= 0.3 is 0 Å². The second kappa shape index (κ2) is 9.71. The summed E-state index contributed by atoms with van der Waals surface area (Å²) >= 11 is 1.62. The molecule has 0 aromatic carbocycles. The highest BCUT2D eigenvalue weighted by Gasteiger charge is 2.20. The molecule has 31 heavy (non-hydrogen) atoms. The first-order chi connectivity index (χ1) is 15.2. The fourth-order valence-electron chi connectivity index (χ4n) is 3.69. The van der Waals surface area contributed by atoms with Crippen LogP contribution in [0.4, 0.5) is 5.82 Å². The summed E-state index contributed by atoms with van der Waals surface area (Å²) in [6.07, 6.45) is 8.42. The monoisotopic (exact) mass is 437 g/mol. The molecule has 4 rings (SSSR count). The Hall–Kier alpha value is -3.25. The van der Waals surface area contributed by atoms with Gasteiger partial charge in [-0.15, -0.1) is 11.3 Å². The first-order valence-corrected chi connectivity index (χ1v) is 11.2. The molecule has 0 unspecified atom stereocenters. The van der Waals surface area contributed by atoms with Gasteiger partial charge in [0, 0.05) is 30.5 Å². The van der Waals surface area contributed by atoms with Crippen LogP contribution in [0.25, 0.3) is 10.2 Å². The lowest BCUT2D eigenvalue weighted by Gasteiger charge is -2.12. The number of carbonyl (C=O) groups is 1. The fraction of sp³-hybridized carbons (Fsp3) is 0.409. The summed E-state index contributed by atoms with van der Waals surface area (Å²) in [6.45, 7) is 0.609. The van der Waals surface area contributed by atoms with Crippen LogP contribution in [-0.2, 0) is 24.2 Å². The Morgan fingerprint density at radius 1 is 1.32 bits per heavy atom. The summed E-state index contributed by atoms with van der Waals surface area (Å²) in [7, 11) is 0. The molecule has 1 aliphatic rings. The van der Waals surface area contributed by atoms with E-state index >= 15 is 0 Å². The number of nitrogens with one attached hydrogen (secondary N) is 1. The topological polar surface area (TPSA) is 110 Å². The van der Waals surface area contributed by atoms with Crippen molar-refractivity contribution in [2.24, 2.45) is 0 Å². The maximum atomic E-state index is 13.0. The Morgan fingerprint density at radius 2 is 2.19 bits per heavy atom. The minimum Gasteiger partial charge on any atom is -0.490 e. The number of hydrogen-bond acceptors (Lipinski definition) is 7. The third kappa shape index (κ3) is 4.75. The molecule has 1 aliphatic carbocycles. The van der Waals surface area contributed by atoms with Crippen LogP contribution in [0.1, 0.15) is 42.5 Å². The SMILES string of the molecule is N#CCCCOc1cccnc1NC(=O)CCn1cnc2sc3c(c2c1=O)CCCC3. The van der Waals surface area contributed by atoms with Crippen molar-refractivity contribution in [2.75, 3.05) is 11.9 Å². The van der Waals surface area contributed by atoms with Gasteiger partial charge in [0.15, 0.2) is 11.6 Å². The lowest BCUT2D eigenvalue weighted by Crippen LogP contribution is -2.24. The molecule has 160 valence electrons. The molecule has 0 fully saturated rings. The predicted octanol–water partition coefficient (Wildman–Crippen LogP) is 3.44. The van der Waals surface area contributed by atoms with Crippen LogP contribution in [0.2, 0.25) is 0 Å². The molecule has 3 heterocycles. The number of amides is 1. The molecule has 3 aromatic heterocycles. The number of aryl methyl sites for hydroxylation is 3. The van der Waals surface area contributed by atoms with Gasteiger partial charge in [-0.05, 0) is 49.8 Å². The van der Waals surface area contributed by atoms with Crippen LogP contribution in [-0.4, -0.2) is 27.0 Å². The Labute approximate surface area is 183 Å². The highest BCUT2D eigenvalue weighted by atomic mass is 32.1. The van der Waals surface area contributed by atoms with E-state index in [1.54, 1.807) is 29.7 Å². The molecular weight excluding hydrogens is 414 g/mol. The third-order valence-corrected chi connectivity index (χ3v) is 6.44. The van der Waals surface area contributed by atoms with Crippen LogP contribution in [0.15, 0.2) is 29.5 Å². The van der Waals surface area contributed by atoms with E-state index in [0.29, 0.717) is 31.0 Å². The molecule has 3 aromatic rings. The second-order valence-electron chi connectivity index (χ2n) is 7.39. The van der Waals surface area contributed by atoms with Gasteiger partial charge < -0.3 is 10.1 Å². The molecule has 0 radical (unpaired) electrons. The first-order valence-electron chi connectivity index (χ1n) is 10.4. The number of hydrogen-bond donors (Lipinski definition) is 1. The molecule has 0 spiro atoms. The average Bonchev–Trinajstić information content (AvgIpc) is 3.17. The number of pyridine rings is 1. The molecule has 1 N–H and O–H groups in total. The third-order valence-electron chi connectivity index (χ3n) is 5.24. The van der Waals surface area contributed by atoms with Gasteiger partial charge in [0.05, 0.1) is 24.4 Å². The van der Waals surface area contributed by atoms with Gasteiger partial charge in [0.25, 0.3) is 5.56 Å². The number of aromatic nitrogens is 3. The number of thiophene rings is 1. The minimum atomic E-state index is -0.264. The van der Waals surface area contributed by atoms with Crippen molar-refractivity contribution in [2.45, 2.75) is 51.5 Å². The molecule has 0 bridgehead atoms. The summed E-state index contributed by atoms with van der Waals surface area (Å²) in [4.78, 5) is 36.2. The normalized spacial score (nSPS) is 12.9. The van der Waals surface area contributed by atoms with Crippen LogP contribution < -0.4 is 15.6 Å². The smallest absolute Gasteiger partial charge is 0.262 e. The van der Waals surface area contributed by atoms with E-state index in [0.717, 1.165) is 41.5 Å². The maximum Gasteiger partial charge on any atom is 0.262 e. The van der Waals surface area contributed by atoms with Crippen LogP contribution in [0.3, 0.4) is 0 Å². The van der Waals surface area contributed by atoms with Gasteiger partial charge in [-0.25, -0.2) is 9.97 Å². The summed E-state index contributed by atoms with van der Waals surface area (Å²) in [5.74, 6) is 0.524. The van der Waals surface area contributed by atoms with Crippen LogP contribution in [0, 0.1) is 11.3 Å². The average molecular weight is 438 g/mol. The Morgan fingerprint density at radius 3 is 3.06 bits per heavy atom. The zero-order chi connectivity index (χ0) is 21.6. The molecule has 0 saturated carbocycles. The summed E-state index contributed by atoms with van der Waals surface area (Å²) < 4.78 is 7.14. The molecule has 0 saturated heterocycles. The molecule has 0 atom stereocenters. The lowest BCUT2D eigenvalue weighted by atomic mass is 9.97. The van der Waals surface area contributed by atoms with Gasteiger partial charge in [0.1, 0.15) is 4.83 Å². The van der Waals surface area contributed by atoms with Crippen molar-refractivity contribution in [3.63, 3.8) is 0 Å². The first kappa shape index (κ1) is 21.0. The Kier molecular flexibility index (Phi) is 6.57. The number of fused-ring (bicyclic) bond motifs is 3. The van der Waals surface area contributed by atoms with E-state index in [-0.39, 0.29) is 24.4 Å². The second-order valence-corrected chi connectivity index (χ2v) is 8.48. The molecular formula is C22H23N5O3S. The van der Waals surface area contributed by atoms with Crippen molar-refractivity contribution in [3.8, 4) is 11.8 Å². The largest absolute Gasteiger partial charge is 0.490 e. The van der Waals surface area contributed by atoms with E-state index in [2.05, 4.69) is 21.4 Å². The number of anilines is 1. The highest BCUT2D eigenvalue weighted by Crippen LogP contribution is 2.33. The van der Waals surface area contributed by atoms with Crippen molar-refractivity contribution < 1.29 is 9.53 Å². The van der Waals surface area contributed by atoms with Crippen molar-refractivity contribution in [1.29, 1.82) is 5.26 Å². The van der Waals surface area contributed by atoms with E-state index in [1.807, 2.05) is 0 Å². The predicted molar refractivity (Wildman–Crippen MR) is 118 cm³/mol. The zero-order valence-electron chi connectivity index (χ0n) is 17.1. The van der Waals surface area contributed by atoms with E-state index < -0.39 is 0 Å². The number of unbranched alkanes of at least 4 members (excludes halogenated alkanes) is 1. The maximum absolute atomic E-state index is 13.0. The molecule has 9 heteroatoms. The summed E-state index contributed by atoms with van der Waals surface area (Å²) in [5.41, 5.74) is 1.07. The van der Waals surface area contributed by atoms with Gasteiger partial charge in [-0.2, -0.15) is 5.26 Å². The number of ether oxygens (including phenoxy) is 1. The van der Waals surface area contributed by atoms with Gasteiger partial charge in [-0.3, -0.25) is 14.2 Å². The highest BCUT2D eigenvalue weighted by molar-refractivity contribution is 7.18. The Balaban J connectivity index is 1.42. The lowest BCUT2D eigenvalue weighted by molar-refractivity contribution is -0.116. The standard InChI is InChI=1S/C22H23N5O3S/c23-10-3-4-13-30-16-7-5-11-24-20(16)26-18(28)9-12-27-14-25-21-19(22(27)29)15-6-1-2-8-17(15)31-21/h5,7,11,14H,1-4,6,8-9,12-13H2,(H,24,26,28). The molecule has 8 nitrogen and oxygen atoms in total. The fourth-order valence-corrected chi connectivity index (χ4v) is 4.91. The zero-order valence-corrected chi connectivity index (χ0v) is 17.9. The number of carbonyl (C=O) groups excluding carboxylic acids is 1. The van der Waals surface area contributed by atoms with E-state index in [4.69, 9.17) is 10.00 Å². The summed E-state index contributed by atoms with van der Waals surface area (Å²) in [6, 6.07) is 5.50. The van der Waals surface area contributed by atoms with E-state index in [9.17, 15) is 9.59 Å². The number of nitriles is 1. The van der Waals surface area contributed by atoms with E-state index in [1.165, 1.54) is 15.8 Å². The molecule has 0 aliphatic heterocycles. The molecule has 1 amide bonds. The van der Waals surface area contributed by atoms with Crippen LogP contribution >= 0.6 is 11.3 Å². The van der Waals surface area contributed by atoms with Gasteiger partial charge in [0.2, 0.25) is 5.91 Å². The van der Waals surface area contributed by atoms with Crippen LogP contribution in [0.5, 0.6) is 5.75 Å². The Bertz CT molecular complexity index is 1190. The van der Waals surface area contributed by atoms with Crippen molar-refractivity contribution in [1.82, 2.24) is 14.5 Å². The summed E-state index contributed by atoms with van der Waals surface area (Å²) in [5, 5.41) is 12.1. The number of rotatable bonds is 8. The van der Waals surface area contributed by atoms with Crippen molar-refractivity contribution in [3.05, 3.63) is 45.5 Å². The van der Waals surface area contributed by atoms with Gasteiger partial charge in [-0.1, -0.05) is 0 Å². The van der Waals surface area contributed by atoms with Crippen molar-refractivity contribution >= 4 is 33.3 Å². The number of nitrogens with zero attached hydrogens (tertiary/aromatic N) is 4. The minimum absolute atomic E-state index is 0.0726. The quantitative estimate of drug-likeness (QED) is 0.541.